The summed E-state index contributed by atoms with van der Waals surface area (Å²) in [6.45, 7) is 13.1. The van der Waals surface area contributed by atoms with E-state index in [1.54, 1.807) is 24.3 Å². The van der Waals surface area contributed by atoms with Crippen LogP contribution < -0.4 is 5.32 Å². The predicted molar refractivity (Wildman–Crippen MR) is 135 cm³/mol. The zero-order valence-electron chi connectivity index (χ0n) is 20.6. The first kappa shape index (κ1) is 25.7. The Labute approximate surface area is 200 Å². The Morgan fingerprint density at radius 3 is 2.48 bits per heavy atom. The minimum atomic E-state index is -3.67. The van der Waals surface area contributed by atoms with E-state index < -0.39 is 10.0 Å². The molecule has 2 fully saturated rings. The monoisotopic (exact) mass is 472 g/mol. The minimum absolute atomic E-state index is 0.00787. The van der Waals surface area contributed by atoms with Crippen molar-refractivity contribution in [2.75, 3.05) is 13.1 Å². The van der Waals surface area contributed by atoms with Gasteiger partial charge in [-0.1, -0.05) is 57.7 Å². The first-order chi connectivity index (χ1) is 15.5. The maximum atomic E-state index is 13.5. The number of hydrogen-bond acceptors (Lipinski definition) is 3. The van der Waals surface area contributed by atoms with Crippen LogP contribution in [0.3, 0.4) is 0 Å². The average Bonchev–Trinajstić information content (AvgIpc) is 2.78. The summed E-state index contributed by atoms with van der Waals surface area (Å²) in [7, 11) is -3.67. The number of rotatable bonds is 6. The number of nitrogens with zero attached hydrogens (tertiary/aromatic N) is 1. The number of piperidine rings is 1. The van der Waals surface area contributed by atoms with E-state index in [1.165, 1.54) is 4.31 Å². The molecular weight excluding hydrogens is 432 g/mol. The molecule has 1 aromatic rings. The zero-order valence-corrected chi connectivity index (χ0v) is 21.5. The van der Waals surface area contributed by atoms with Crippen LogP contribution in [-0.4, -0.2) is 37.8 Å². The van der Waals surface area contributed by atoms with Crippen molar-refractivity contribution in [1.82, 2.24) is 9.62 Å². The number of hydrogen-bond donors (Lipinski definition) is 1. The van der Waals surface area contributed by atoms with Gasteiger partial charge in [-0.3, -0.25) is 4.79 Å². The maximum absolute atomic E-state index is 13.5. The molecule has 1 saturated heterocycles. The second-order valence-electron chi connectivity index (χ2n) is 10.7. The molecule has 0 bridgehead atoms. The third-order valence-corrected chi connectivity index (χ3v) is 9.42. The third-order valence-electron chi connectivity index (χ3n) is 7.41. The number of benzene rings is 1. The van der Waals surface area contributed by atoms with E-state index >= 15 is 0 Å². The molecule has 0 spiro atoms. The van der Waals surface area contributed by atoms with Crippen LogP contribution in [0.1, 0.15) is 70.4 Å². The highest BCUT2D eigenvalue weighted by Crippen LogP contribution is 2.38. The van der Waals surface area contributed by atoms with Gasteiger partial charge in [0.15, 0.2) is 0 Å². The molecule has 1 aliphatic heterocycles. The molecule has 182 valence electrons. The highest BCUT2D eigenvalue weighted by molar-refractivity contribution is 7.89. The van der Waals surface area contributed by atoms with Crippen molar-refractivity contribution < 1.29 is 13.2 Å². The molecule has 1 aliphatic carbocycles. The summed E-state index contributed by atoms with van der Waals surface area (Å²) in [6, 6.07) is 5.53. The van der Waals surface area contributed by atoms with Gasteiger partial charge in [0.2, 0.25) is 15.9 Å². The Morgan fingerprint density at radius 2 is 1.85 bits per heavy atom. The molecule has 5 nitrogen and oxygen atoms in total. The van der Waals surface area contributed by atoms with Crippen LogP contribution in [0.15, 0.2) is 41.8 Å². The summed E-state index contributed by atoms with van der Waals surface area (Å²) >= 11 is 0. The Morgan fingerprint density at radius 1 is 1.15 bits per heavy atom. The van der Waals surface area contributed by atoms with Crippen molar-refractivity contribution in [3.8, 4) is 0 Å². The highest BCUT2D eigenvalue weighted by Gasteiger charge is 2.36. The van der Waals surface area contributed by atoms with Crippen molar-refractivity contribution in [3.05, 3.63) is 48.1 Å². The molecule has 6 heteroatoms. The first-order valence-electron chi connectivity index (χ1n) is 12.2. The van der Waals surface area contributed by atoms with Gasteiger partial charge in [0.1, 0.15) is 0 Å². The molecule has 3 rings (SSSR count). The number of allylic oxidation sites excluding steroid dienone is 2. The van der Waals surface area contributed by atoms with Gasteiger partial charge >= 0.3 is 0 Å². The fraction of sp³-hybridized carbons (Fsp3) is 0.593. The maximum Gasteiger partial charge on any atom is 0.243 e. The molecule has 33 heavy (non-hydrogen) atoms. The van der Waals surface area contributed by atoms with Crippen LogP contribution in [0.4, 0.5) is 0 Å². The highest BCUT2D eigenvalue weighted by atomic mass is 32.2. The third kappa shape index (κ3) is 6.15. The van der Waals surface area contributed by atoms with Crippen LogP contribution in [-0.2, 0) is 14.8 Å². The fourth-order valence-corrected chi connectivity index (χ4v) is 6.98. The fourth-order valence-electron chi connectivity index (χ4n) is 5.20. The molecule has 1 atom stereocenters. The molecular formula is C27H40N2O3S. The standard InChI is InChI=1S/C27H40N2O3S/c1-6-7-10-21-11-8-13-25(20(21)2)33(31,32)29-18-9-12-22(19-29)26(30)28-24-16-14-23(15-17-24)27(3,4)5/h6-8,10-11,13,22-24H,1,9,12,14-19H2,2-5H3,(H,28,30)/b10-7-. The number of carbonyl (C=O) groups excluding carboxylic acids is 1. The number of sulfonamides is 1. The first-order valence-corrected chi connectivity index (χ1v) is 13.7. The van der Waals surface area contributed by atoms with Gasteiger partial charge in [-0.05, 0) is 74.0 Å². The largest absolute Gasteiger partial charge is 0.353 e. The van der Waals surface area contributed by atoms with E-state index in [-0.39, 0.29) is 24.4 Å². The average molecular weight is 473 g/mol. The number of amides is 1. The lowest BCUT2D eigenvalue weighted by molar-refractivity contribution is -0.127. The smallest absolute Gasteiger partial charge is 0.243 e. The quantitative estimate of drug-likeness (QED) is 0.570. The van der Waals surface area contributed by atoms with Gasteiger partial charge in [-0.25, -0.2) is 8.42 Å². The molecule has 1 aromatic carbocycles. The summed E-state index contributed by atoms with van der Waals surface area (Å²) < 4.78 is 28.4. The molecule has 2 aliphatic rings. The molecule has 1 saturated carbocycles. The Kier molecular flexibility index (Phi) is 8.22. The van der Waals surface area contributed by atoms with Crippen molar-refractivity contribution >= 4 is 22.0 Å². The van der Waals surface area contributed by atoms with Gasteiger partial charge in [-0.2, -0.15) is 4.31 Å². The van der Waals surface area contributed by atoms with Crippen LogP contribution in [0, 0.1) is 24.2 Å². The Hall–Kier alpha value is -1.92. The summed E-state index contributed by atoms with van der Waals surface area (Å²) in [5, 5.41) is 3.24. The van der Waals surface area contributed by atoms with E-state index in [1.807, 2.05) is 19.1 Å². The van der Waals surface area contributed by atoms with E-state index in [2.05, 4.69) is 32.7 Å². The zero-order chi connectivity index (χ0) is 24.2. The van der Waals surface area contributed by atoms with Crippen LogP contribution in [0.2, 0.25) is 0 Å². The number of carbonyl (C=O) groups is 1. The lowest BCUT2D eigenvalue weighted by atomic mass is 9.71. The molecule has 1 N–H and O–H groups in total. The van der Waals surface area contributed by atoms with Crippen molar-refractivity contribution in [1.29, 1.82) is 0 Å². The second kappa shape index (κ2) is 10.6. The van der Waals surface area contributed by atoms with Crippen LogP contribution in [0.25, 0.3) is 6.08 Å². The van der Waals surface area contributed by atoms with E-state index in [9.17, 15) is 13.2 Å². The molecule has 0 radical (unpaired) electrons. The van der Waals surface area contributed by atoms with Gasteiger partial charge in [0.05, 0.1) is 10.8 Å². The topological polar surface area (TPSA) is 66.5 Å². The van der Waals surface area contributed by atoms with Crippen LogP contribution in [0.5, 0.6) is 0 Å². The normalized spacial score (nSPS) is 25.2. The Balaban J connectivity index is 1.66. The van der Waals surface area contributed by atoms with Crippen molar-refractivity contribution in [2.45, 2.75) is 77.2 Å². The molecule has 1 unspecified atom stereocenters. The molecule has 0 aromatic heterocycles. The SMILES string of the molecule is C=C/C=C\c1cccc(S(=O)(=O)N2CCCC(C(=O)NC3CCC(C(C)(C)C)CC3)C2)c1C. The van der Waals surface area contributed by atoms with Gasteiger partial charge in [0, 0.05) is 19.1 Å². The van der Waals surface area contributed by atoms with Gasteiger partial charge < -0.3 is 5.32 Å². The van der Waals surface area contributed by atoms with Gasteiger partial charge in [0.25, 0.3) is 0 Å². The minimum Gasteiger partial charge on any atom is -0.353 e. The molecule has 1 amide bonds. The van der Waals surface area contributed by atoms with E-state index in [0.29, 0.717) is 29.2 Å². The lowest BCUT2D eigenvalue weighted by Crippen LogP contribution is -2.48. The van der Waals surface area contributed by atoms with E-state index in [4.69, 9.17) is 0 Å². The van der Waals surface area contributed by atoms with E-state index in [0.717, 1.165) is 43.2 Å². The summed E-state index contributed by atoms with van der Waals surface area (Å²) in [4.78, 5) is 13.4. The van der Waals surface area contributed by atoms with Gasteiger partial charge in [-0.15, -0.1) is 0 Å². The van der Waals surface area contributed by atoms with Crippen molar-refractivity contribution in [3.63, 3.8) is 0 Å². The summed E-state index contributed by atoms with van der Waals surface area (Å²) in [6.07, 6.45) is 11.0. The Bertz CT molecular complexity index is 983. The second-order valence-corrected chi connectivity index (χ2v) is 12.6. The van der Waals surface area contributed by atoms with Crippen LogP contribution >= 0.6 is 0 Å². The predicted octanol–water partition coefficient (Wildman–Crippen LogP) is 5.32. The summed E-state index contributed by atoms with van der Waals surface area (Å²) in [5.41, 5.74) is 1.88. The molecule has 1 heterocycles. The number of nitrogens with one attached hydrogen (secondary N) is 1. The summed E-state index contributed by atoms with van der Waals surface area (Å²) in [5.74, 6) is 0.410. The lowest BCUT2D eigenvalue weighted by Gasteiger charge is -2.38. The van der Waals surface area contributed by atoms with Crippen molar-refractivity contribution in [2.24, 2.45) is 17.3 Å².